The molecule has 1 aliphatic heterocycles. The van der Waals surface area contributed by atoms with Gasteiger partial charge in [0.15, 0.2) is 0 Å². The van der Waals surface area contributed by atoms with Crippen molar-refractivity contribution in [3.05, 3.63) is 0 Å². The fourth-order valence-electron chi connectivity index (χ4n) is 5.29. The van der Waals surface area contributed by atoms with Gasteiger partial charge >= 0.3 is 52.1 Å². The molecule has 0 unspecified atom stereocenters. The second-order valence-corrected chi connectivity index (χ2v) is 30.2. The summed E-state index contributed by atoms with van der Waals surface area (Å²) >= 11 is 0. The minimum Gasteiger partial charge on any atom is -0.416 e. The highest BCUT2D eigenvalue weighted by Crippen LogP contribution is 2.40. The van der Waals surface area contributed by atoms with E-state index in [1.165, 1.54) is 0 Å². The van der Waals surface area contributed by atoms with Crippen LogP contribution in [-0.2, 0) is 52.2 Å². The summed E-state index contributed by atoms with van der Waals surface area (Å²) in [5, 5.41) is 0. The molecular weight excluding hydrogens is 613 g/mol. The molecule has 18 heteroatoms. The SMILES string of the molecule is CO[Si](CCC[Si]1(C)O[Si](C)(CCC[Si](OC)(OC)OC)O[Si](C)(CCC[Si](OC)(OC)OC)O1)(OC)OC. The Morgan fingerprint density at radius 3 is 0.718 bits per heavy atom. The predicted octanol–water partition coefficient (Wildman–Crippen LogP) is 4.07. The van der Waals surface area contributed by atoms with Gasteiger partial charge in [-0.1, -0.05) is 0 Å². The smallest absolute Gasteiger partial charge is 0.416 e. The third-order valence-electron chi connectivity index (χ3n) is 7.44. The third kappa shape index (κ3) is 10.8. The van der Waals surface area contributed by atoms with Gasteiger partial charge in [0.1, 0.15) is 0 Å². The summed E-state index contributed by atoms with van der Waals surface area (Å²) in [5.41, 5.74) is 0. The molecule has 0 aliphatic carbocycles. The van der Waals surface area contributed by atoms with Crippen molar-refractivity contribution >= 4 is 52.1 Å². The van der Waals surface area contributed by atoms with E-state index in [1.54, 1.807) is 64.0 Å². The van der Waals surface area contributed by atoms with Crippen LogP contribution in [0, 0.1) is 0 Å². The van der Waals surface area contributed by atoms with Crippen molar-refractivity contribution in [2.45, 2.75) is 75.2 Å². The molecule has 0 aromatic heterocycles. The normalized spacial score (nSPS) is 26.8. The Morgan fingerprint density at radius 2 is 0.564 bits per heavy atom. The molecule has 1 aliphatic rings. The molecular formula is C21H54O12Si6. The van der Waals surface area contributed by atoms with Crippen molar-refractivity contribution in [1.82, 2.24) is 0 Å². The van der Waals surface area contributed by atoms with Gasteiger partial charge in [0, 0.05) is 82.1 Å². The summed E-state index contributed by atoms with van der Waals surface area (Å²) in [6.45, 7) is 6.50. The summed E-state index contributed by atoms with van der Waals surface area (Å²) < 4.78 is 71.3. The van der Waals surface area contributed by atoms with Crippen molar-refractivity contribution in [2.24, 2.45) is 0 Å². The zero-order valence-corrected chi connectivity index (χ0v) is 32.3. The molecule has 234 valence electrons. The Balaban J connectivity index is 3.09. The molecule has 1 saturated heterocycles. The average molecular weight is 667 g/mol. The minimum absolute atomic E-state index is 0.691. The lowest BCUT2D eigenvalue weighted by atomic mass is 10.6. The summed E-state index contributed by atoms with van der Waals surface area (Å²) in [7, 11) is -1.10. The van der Waals surface area contributed by atoms with Crippen molar-refractivity contribution < 1.29 is 52.2 Å². The first-order chi connectivity index (χ1) is 18.3. The van der Waals surface area contributed by atoms with Gasteiger partial charge in [-0.3, -0.25) is 0 Å². The molecule has 0 aromatic carbocycles. The van der Waals surface area contributed by atoms with Crippen molar-refractivity contribution in [3.63, 3.8) is 0 Å². The molecule has 12 nitrogen and oxygen atoms in total. The van der Waals surface area contributed by atoms with Crippen LogP contribution in [0.15, 0.2) is 0 Å². The van der Waals surface area contributed by atoms with Crippen LogP contribution in [0.5, 0.6) is 0 Å². The Bertz CT molecular complexity index is 575. The molecule has 0 bridgehead atoms. The van der Waals surface area contributed by atoms with Gasteiger partial charge in [0.25, 0.3) is 0 Å². The molecule has 0 amide bonds. The Hall–Kier alpha value is 0.821. The van der Waals surface area contributed by atoms with E-state index in [2.05, 4.69) is 19.6 Å². The van der Waals surface area contributed by atoms with E-state index < -0.39 is 52.1 Å². The molecule has 0 spiro atoms. The topological polar surface area (TPSA) is 111 Å². The number of hydrogen-bond acceptors (Lipinski definition) is 12. The van der Waals surface area contributed by atoms with E-state index in [0.29, 0.717) is 18.1 Å². The standard InChI is InChI=1S/C21H54O12Si6/c1-22-37(23-2,24-3)19-13-16-34(10)31-35(11,17-14-20-38(25-4,26-5)27-6)33-36(12,32-34)18-15-21-39(28-7,29-8)30-9/h13-21H2,1-12H3. The summed E-state index contributed by atoms with van der Waals surface area (Å²) in [4.78, 5) is 0. The summed E-state index contributed by atoms with van der Waals surface area (Å²) in [5.74, 6) is 0. The second-order valence-electron chi connectivity index (χ2n) is 10.2. The van der Waals surface area contributed by atoms with Crippen LogP contribution in [0.3, 0.4) is 0 Å². The van der Waals surface area contributed by atoms with E-state index in [-0.39, 0.29) is 0 Å². The van der Waals surface area contributed by atoms with Gasteiger partial charge < -0.3 is 52.2 Å². The molecule has 39 heavy (non-hydrogen) atoms. The molecule has 0 atom stereocenters. The van der Waals surface area contributed by atoms with E-state index in [0.717, 1.165) is 37.4 Å². The van der Waals surface area contributed by atoms with Gasteiger partial charge in [-0.2, -0.15) is 0 Å². The van der Waals surface area contributed by atoms with Crippen LogP contribution >= 0.6 is 0 Å². The van der Waals surface area contributed by atoms with Crippen LogP contribution in [0.1, 0.15) is 19.3 Å². The maximum Gasteiger partial charge on any atom is 0.500 e. The maximum absolute atomic E-state index is 6.89. The lowest BCUT2D eigenvalue weighted by Crippen LogP contribution is -2.67. The quantitative estimate of drug-likeness (QED) is 0.165. The first kappa shape index (κ1) is 37.8. The predicted molar refractivity (Wildman–Crippen MR) is 161 cm³/mol. The summed E-state index contributed by atoms with van der Waals surface area (Å²) in [6.07, 6.45) is 2.46. The Labute approximate surface area is 243 Å². The molecule has 1 rings (SSSR count). The lowest BCUT2D eigenvalue weighted by molar-refractivity contribution is 0.123. The summed E-state index contributed by atoms with van der Waals surface area (Å²) in [6, 6.07) is 4.47. The molecule has 1 heterocycles. The van der Waals surface area contributed by atoms with Crippen LogP contribution < -0.4 is 0 Å². The van der Waals surface area contributed by atoms with Crippen molar-refractivity contribution in [3.8, 4) is 0 Å². The first-order valence-corrected chi connectivity index (χ1v) is 26.7. The molecule has 0 aromatic rings. The van der Waals surface area contributed by atoms with Gasteiger partial charge in [0.05, 0.1) is 0 Å². The number of rotatable bonds is 21. The highest BCUT2D eigenvalue weighted by atomic mass is 28.5. The number of hydrogen-bond donors (Lipinski definition) is 0. The molecule has 1 fully saturated rings. The van der Waals surface area contributed by atoms with E-state index in [1.807, 2.05) is 0 Å². The van der Waals surface area contributed by atoms with Gasteiger partial charge in [-0.15, -0.1) is 0 Å². The van der Waals surface area contributed by atoms with Crippen LogP contribution in [0.25, 0.3) is 0 Å². The van der Waals surface area contributed by atoms with Gasteiger partial charge in [0.2, 0.25) is 0 Å². The van der Waals surface area contributed by atoms with Crippen molar-refractivity contribution in [2.75, 3.05) is 64.0 Å². The zero-order valence-electron chi connectivity index (χ0n) is 26.3. The highest BCUT2D eigenvalue weighted by molar-refractivity contribution is 6.93. The second kappa shape index (κ2) is 16.6. The average Bonchev–Trinajstić information content (AvgIpc) is 2.91. The lowest BCUT2D eigenvalue weighted by Gasteiger charge is -2.50. The fourth-order valence-corrected chi connectivity index (χ4v) is 29.0. The van der Waals surface area contributed by atoms with E-state index >= 15 is 0 Å². The van der Waals surface area contributed by atoms with E-state index in [9.17, 15) is 0 Å². The molecule has 0 radical (unpaired) electrons. The van der Waals surface area contributed by atoms with Crippen LogP contribution in [0.4, 0.5) is 0 Å². The Kier molecular flexibility index (Phi) is 16.1. The van der Waals surface area contributed by atoms with Gasteiger partial charge in [-0.25, -0.2) is 0 Å². The van der Waals surface area contributed by atoms with Crippen LogP contribution in [-0.4, -0.2) is 116 Å². The zero-order chi connectivity index (χ0) is 29.8. The third-order valence-corrected chi connectivity index (χ3v) is 30.1. The molecule has 0 saturated carbocycles. The van der Waals surface area contributed by atoms with Gasteiger partial charge in [-0.05, 0) is 57.0 Å². The maximum atomic E-state index is 6.89. The minimum atomic E-state index is -2.69. The fraction of sp³-hybridized carbons (Fsp3) is 1.00. The van der Waals surface area contributed by atoms with Crippen LogP contribution in [0.2, 0.25) is 55.9 Å². The largest absolute Gasteiger partial charge is 0.500 e. The monoisotopic (exact) mass is 666 g/mol. The molecule has 0 N–H and O–H groups in total. The highest BCUT2D eigenvalue weighted by Gasteiger charge is 2.57. The van der Waals surface area contributed by atoms with E-state index in [4.69, 9.17) is 52.2 Å². The van der Waals surface area contributed by atoms with Crippen molar-refractivity contribution in [1.29, 1.82) is 0 Å². The Morgan fingerprint density at radius 1 is 0.385 bits per heavy atom. The first-order valence-electron chi connectivity index (χ1n) is 13.4.